The molecule has 2 rings (SSSR count). The molecule has 6 heteroatoms. The second-order valence-electron chi connectivity index (χ2n) is 6.32. The average molecular weight is 375 g/mol. The summed E-state index contributed by atoms with van der Waals surface area (Å²) in [5.41, 5.74) is 1.55. The zero-order valence-electron chi connectivity index (χ0n) is 15.1. The molecular weight excluding hydrogens is 352 g/mol. The van der Waals surface area contributed by atoms with Gasteiger partial charge in [-0.3, -0.25) is 9.59 Å². The summed E-state index contributed by atoms with van der Waals surface area (Å²) in [7, 11) is 1.53. The molecule has 138 valence electrons. The van der Waals surface area contributed by atoms with Gasteiger partial charge < -0.3 is 15.4 Å². The Bertz CT molecular complexity index is 773. The predicted molar refractivity (Wildman–Crippen MR) is 104 cm³/mol. The summed E-state index contributed by atoms with van der Waals surface area (Å²) in [5.74, 6) is 0.655. The van der Waals surface area contributed by atoms with Gasteiger partial charge in [-0.25, -0.2) is 0 Å². The number of anilines is 1. The van der Waals surface area contributed by atoms with Gasteiger partial charge in [-0.2, -0.15) is 0 Å². The molecule has 0 aliphatic carbocycles. The van der Waals surface area contributed by atoms with Crippen LogP contribution in [0.4, 0.5) is 5.69 Å². The van der Waals surface area contributed by atoms with Crippen LogP contribution < -0.4 is 15.4 Å². The summed E-state index contributed by atoms with van der Waals surface area (Å²) in [6.45, 7) is 4.85. The number of rotatable bonds is 7. The summed E-state index contributed by atoms with van der Waals surface area (Å²) in [4.78, 5) is 24.4. The maximum Gasteiger partial charge on any atom is 0.255 e. The first kappa shape index (κ1) is 19.8. The van der Waals surface area contributed by atoms with Crippen LogP contribution in [-0.2, 0) is 0 Å². The molecule has 0 heterocycles. The topological polar surface area (TPSA) is 67.4 Å². The second kappa shape index (κ2) is 9.25. The zero-order chi connectivity index (χ0) is 19.1. The molecule has 0 saturated heterocycles. The normalized spacial score (nSPS) is 10.5. The highest BCUT2D eigenvalue weighted by Gasteiger charge is 2.10. The quantitative estimate of drug-likeness (QED) is 0.755. The molecule has 0 atom stereocenters. The van der Waals surface area contributed by atoms with Gasteiger partial charge in [0.1, 0.15) is 5.75 Å². The van der Waals surface area contributed by atoms with Gasteiger partial charge in [-0.1, -0.05) is 25.4 Å². The van der Waals surface area contributed by atoms with Crippen LogP contribution in [0.1, 0.15) is 41.0 Å². The number of ether oxygens (including phenoxy) is 1. The Morgan fingerprint density at radius 3 is 2.19 bits per heavy atom. The van der Waals surface area contributed by atoms with Crippen LogP contribution in [0.15, 0.2) is 42.5 Å². The number of carbonyl (C=O) groups is 2. The molecule has 0 spiro atoms. The number of nitrogens with one attached hydrogen (secondary N) is 2. The van der Waals surface area contributed by atoms with Gasteiger partial charge in [0.15, 0.2) is 0 Å². The van der Waals surface area contributed by atoms with Crippen molar-refractivity contribution in [2.24, 2.45) is 5.92 Å². The largest absolute Gasteiger partial charge is 0.495 e. The lowest BCUT2D eigenvalue weighted by Crippen LogP contribution is -2.25. The van der Waals surface area contributed by atoms with Crippen LogP contribution in [0, 0.1) is 5.92 Å². The summed E-state index contributed by atoms with van der Waals surface area (Å²) < 4.78 is 5.08. The Morgan fingerprint density at radius 1 is 1.04 bits per heavy atom. The van der Waals surface area contributed by atoms with E-state index in [0.717, 1.165) is 6.42 Å². The molecule has 0 saturated carbocycles. The number of hydrogen-bond acceptors (Lipinski definition) is 3. The molecule has 0 bridgehead atoms. The summed E-state index contributed by atoms with van der Waals surface area (Å²) in [6.07, 6.45) is 0.927. The fourth-order valence-electron chi connectivity index (χ4n) is 2.30. The van der Waals surface area contributed by atoms with Crippen LogP contribution in [0.3, 0.4) is 0 Å². The highest BCUT2D eigenvalue weighted by Crippen LogP contribution is 2.27. The molecule has 2 aromatic carbocycles. The summed E-state index contributed by atoms with van der Waals surface area (Å²) in [5, 5.41) is 6.05. The minimum Gasteiger partial charge on any atom is -0.495 e. The molecule has 2 aromatic rings. The Hall–Kier alpha value is -2.53. The van der Waals surface area contributed by atoms with Gasteiger partial charge in [0.2, 0.25) is 0 Å². The molecule has 0 radical (unpaired) electrons. The third-order valence-electron chi connectivity index (χ3n) is 3.83. The highest BCUT2D eigenvalue weighted by molar-refractivity contribution is 6.32. The van der Waals surface area contributed by atoms with Crippen molar-refractivity contribution in [3.8, 4) is 5.75 Å². The summed E-state index contributed by atoms with van der Waals surface area (Å²) >= 11 is 6.05. The van der Waals surface area contributed by atoms with E-state index in [1.807, 2.05) is 0 Å². The van der Waals surface area contributed by atoms with Gasteiger partial charge in [0.05, 0.1) is 12.1 Å². The lowest BCUT2D eigenvalue weighted by atomic mass is 10.1. The van der Waals surface area contributed by atoms with Crippen molar-refractivity contribution in [2.45, 2.75) is 20.3 Å². The Balaban J connectivity index is 1.97. The molecule has 0 aliphatic heterocycles. The standard InChI is InChI=1S/C20H23ClN2O3/c1-13(2)10-11-22-19(24)14-4-6-15(7-5-14)20(25)23-16-8-9-18(26-3)17(21)12-16/h4-9,12-13H,10-11H2,1-3H3,(H,22,24)(H,23,25). The van der Waals surface area contributed by atoms with Crippen LogP contribution in [0.25, 0.3) is 0 Å². The van der Waals surface area contributed by atoms with E-state index in [2.05, 4.69) is 24.5 Å². The number of methoxy groups -OCH3 is 1. The number of halogens is 1. The van der Waals surface area contributed by atoms with Gasteiger partial charge in [0.25, 0.3) is 11.8 Å². The molecule has 26 heavy (non-hydrogen) atoms. The Labute approximate surface area is 158 Å². The Kier molecular flexibility index (Phi) is 7.04. The maximum atomic E-state index is 12.3. The van der Waals surface area contributed by atoms with Crippen molar-refractivity contribution in [3.05, 3.63) is 58.6 Å². The second-order valence-corrected chi connectivity index (χ2v) is 6.73. The van der Waals surface area contributed by atoms with E-state index in [9.17, 15) is 9.59 Å². The molecule has 0 unspecified atom stereocenters. The van der Waals surface area contributed by atoms with Gasteiger partial charge in [-0.05, 0) is 54.8 Å². The van der Waals surface area contributed by atoms with Gasteiger partial charge in [-0.15, -0.1) is 0 Å². The number of amides is 2. The van der Waals surface area contributed by atoms with Crippen LogP contribution >= 0.6 is 11.6 Å². The Morgan fingerprint density at radius 2 is 1.65 bits per heavy atom. The molecule has 0 aromatic heterocycles. The van der Waals surface area contributed by atoms with E-state index in [1.54, 1.807) is 42.5 Å². The fraction of sp³-hybridized carbons (Fsp3) is 0.300. The molecule has 0 fully saturated rings. The smallest absolute Gasteiger partial charge is 0.255 e. The fourth-order valence-corrected chi connectivity index (χ4v) is 2.55. The molecule has 2 amide bonds. The van der Waals surface area contributed by atoms with Crippen LogP contribution in [0.2, 0.25) is 5.02 Å². The van der Waals surface area contributed by atoms with E-state index >= 15 is 0 Å². The van der Waals surface area contributed by atoms with Crippen molar-refractivity contribution in [3.63, 3.8) is 0 Å². The molecule has 5 nitrogen and oxygen atoms in total. The predicted octanol–water partition coefficient (Wildman–Crippen LogP) is 4.38. The van der Waals surface area contributed by atoms with Crippen molar-refractivity contribution in [1.29, 1.82) is 0 Å². The lowest BCUT2D eigenvalue weighted by Gasteiger charge is -2.09. The van der Waals surface area contributed by atoms with Crippen molar-refractivity contribution in [1.82, 2.24) is 5.32 Å². The van der Waals surface area contributed by atoms with Crippen LogP contribution in [0.5, 0.6) is 5.75 Å². The van der Waals surface area contributed by atoms with E-state index < -0.39 is 0 Å². The van der Waals surface area contributed by atoms with E-state index in [0.29, 0.717) is 40.0 Å². The van der Waals surface area contributed by atoms with E-state index in [-0.39, 0.29) is 11.8 Å². The minimum absolute atomic E-state index is 0.139. The lowest BCUT2D eigenvalue weighted by molar-refractivity contribution is 0.0950. The van der Waals surface area contributed by atoms with Crippen molar-refractivity contribution >= 4 is 29.1 Å². The van der Waals surface area contributed by atoms with Gasteiger partial charge in [0, 0.05) is 23.4 Å². The minimum atomic E-state index is -0.280. The zero-order valence-corrected chi connectivity index (χ0v) is 15.9. The SMILES string of the molecule is COc1ccc(NC(=O)c2ccc(C(=O)NCCC(C)C)cc2)cc1Cl. The monoisotopic (exact) mass is 374 g/mol. The summed E-state index contributed by atoms with van der Waals surface area (Å²) in [6, 6.07) is 11.5. The maximum absolute atomic E-state index is 12.3. The first-order chi connectivity index (χ1) is 12.4. The number of hydrogen-bond donors (Lipinski definition) is 2. The van der Waals surface area contributed by atoms with E-state index in [4.69, 9.17) is 16.3 Å². The van der Waals surface area contributed by atoms with Gasteiger partial charge >= 0.3 is 0 Å². The van der Waals surface area contributed by atoms with Crippen molar-refractivity contribution in [2.75, 3.05) is 19.0 Å². The molecule has 0 aliphatic rings. The number of benzene rings is 2. The first-order valence-corrected chi connectivity index (χ1v) is 8.81. The van der Waals surface area contributed by atoms with E-state index in [1.165, 1.54) is 7.11 Å². The third kappa shape index (κ3) is 5.49. The highest BCUT2D eigenvalue weighted by atomic mass is 35.5. The number of carbonyl (C=O) groups excluding carboxylic acids is 2. The van der Waals surface area contributed by atoms with Crippen LogP contribution in [-0.4, -0.2) is 25.5 Å². The average Bonchev–Trinajstić information content (AvgIpc) is 2.61. The third-order valence-corrected chi connectivity index (χ3v) is 4.12. The first-order valence-electron chi connectivity index (χ1n) is 8.44. The molecule has 2 N–H and O–H groups in total. The molecular formula is C20H23ClN2O3. The van der Waals surface area contributed by atoms with Crippen molar-refractivity contribution < 1.29 is 14.3 Å².